The summed E-state index contributed by atoms with van der Waals surface area (Å²) in [5.74, 6) is 1.35. The maximum absolute atomic E-state index is 12.8. The van der Waals surface area contributed by atoms with Crippen LogP contribution in [0.3, 0.4) is 0 Å². The first kappa shape index (κ1) is 24.5. The van der Waals surface area contributed by atoms with Crippen LogP contribution in [0.1, 0.15) is 20.3 Å². The molecule has 3 aliphatic rings. The van der Waals surface area contributed by atoms with Crippen molar-refractivity contribution in [1.82, 2.24) is 15.5 Å². The van der Waals surface area contributed by atoms with Gasteiger partial charge in [0.15, 0.2) is 5.96 Å². The van der Waals surface area contributed by atoms with Gasteiger partial charge in [-0.05, 0) is 36.3 Å². The van der Waals surface area contributed by atoms with Crippen LogP contribution in [0.15, 0.2) is 47.5 Å². The number of nitrogens with one attached hydrogen (secondary N) is 3. The lowest BCUT2D eigenvalue weighted by Gasteiger charge is -2.25. The van der Waals surface area contributed by atoms with Crippen molar-refractivity contribution in [3.63, 3.8) is 0 Å². The fourth-order valence-corrected chi connectivity index (χ4v) is 5.10. The number of carbonyl (C=O) groups excluding carboxylic acids is 2. The summed E-state index contributed by atoms with van der Waals surface area (Å²) in [6.45, 7) is 5.93. The first-order valence-corrected chi connectivity index (χ1v) is 11.3. The Morgan fingerprint density at radius 1 is 1.06 bits per heavy atom. The van der Waals surface area contributed by atoms with Crippen molar-refractivity contribution in [3.8, 4) is 0 Å². The smallest absolute Gasteiger partial charge is 0.233 e. The standard InChI is InChI=1S/C24H33N5O2.HI/c1-15(2)19(28-18-7-5-4-6-8-18)14-27-24(25-3)26-11-12-29-22(30)20-16-9-10-17(13-16)21(20)23(29)31;/h4-10,15-17,19-21,28H,11-14H2,1-3H3,(H2,25,26,27);1H. The predicted molar refractivity (Wildman–Crippen MR) is 138 cm³/mol. The Hall–Kier alpha value is -2.10. The molecule has 0 radical (unpaired) electrons. The monoisotopic (exact) mass is 551 g/mol. The quantitative estimate of drug-likeness (QED) is 0.152. The fraction of sp³-hybridized carbons (Fsp3) is 0.542. The van der Waals surface area contributed by atoms with E-state index in [4.69, 9.17) is 0 Å². The molecule has 0 spiro atoms. The number of halogens is 1. The highest BCUT2D eigenvalue weighted by Gasteiger charge is 2.58. The second-order valence-electron chi connectivity index (χ2n) is 9.07. The number of guanidine groups is 1. The summed E-state index contributed by atoms with van der Waals surface area (Å²) in [5, 5.41) is 10.2. The number of imide groups is 1. The van der Waals surface area contributed by atoms with Crippen LogP contribution in [0.5, 0.6) is 0 Å². The Bertz CT molecular complexity index is 842. The Kier molecular flexibility index (Phi) is 8.19. The number of hydrogen-bond acceptors (Lipinski definition) is 4. The van der Waals surface area contributed by atoms with Crippen LogP contribution in [0, 0.1) is 29.6 Å². The molecule has 8 heteroatoms. The molecule has 1 aliphatic heterocycles. The molecule has 2 bridgehead atoms. The number of hydrogen-bond donors (Lipinski definition) is 3. The van der Waals surface area contributed by atoms with Crippen molar-refractivity contribution in [3.05, 3.63) is 42.5 Å². The topological polar surface area (TPSA) is 85.8 Å². The van der Waals surface area contributed by atoms with Gasteiger partial charge in [-0.3, -0.25) is 19.5 Å². The van der Waals surface area contributed by atoms with E-state index in [1.165, 1.54) is 4.90 Å². The van der Waals surface area contributed by atoms with Crippen molar-refractivity contribution in [1.29, 1.82) is 0 Å². The molecule has 1 aromatic rings. The zero-order chi connectivity index (χ0) is 22.0. The van der Waals surface area contributed by atoms with Gasteiger partial charge in [0, 0.05) is 38.4 Å². The molecule has 5 unspecified atom stereocenters. The summed E-state index contributed by atoms with van der Waals surface area (Å²) in [7, 11) is 1.73. The summed E-state index contributed by atoms with van der Waals surface area (Å²) in [4.78, 5) is 31.3. The average molecular weight is 551 g/mol. The Labute approximate surface area is 207 Å². The molecule has 7 nitrogen and oxygen atoms in total. The van der Waals surface area contributed by atoms with E-state index < -0.39 is 0 Å². The van der Waals surface area contributed by atoms with E-state index in [1.807, 2.05) is 18.2 Å². The second kappa shape index (κ2) is 10.7. The third-order valence-corrected chi connectivity index (χ3v) is 6.83. The van der Waals surface area contributed by atoms with Gasteiger partial charge < -0.3 is 16.0 Å². The van der Waals surface area contributed by atoms with E-state index >= 15 is 0 Å². The number of likely N-dealkylation sites (tertiary alicyclic amines) is 1. The Balaban J connectivity index is 0.00000289. The molecular formula is C24H34IN5O2. The van der Waals surface area contributed by atoms with Gasteiger partial charge in [-0.1, -0.05) is 44.2 Å². The maximum Gasteiger partial charge on any atom is 0.233 e. The number of allylic oxidation sites excluding steroid dienone is 2. The van der Waals surface area contributed by atoms with Crippen LogP contribution >= 0.6 is 24.0 Å². The van der Waals surface area contributed by atoms with Crippen LogP contribution in [0.2, 0.25) is 0 Å². The molecule has 1 saturated carbocycles. The molecule has 5 atom stereocenters. The van der Waals surface area contributed by atoms with E-state index in [9.17, 15) is 9.59 Å². The van der Waals surface area contributed by atoms with Crippen LogP contribution < -0.4 is 16.0 Å². The minimum atomic E-state index is -0.129. The molecule has 2 aliphatic carbocycles. The number of fused-ring (bicyclic) bond motifs is 5. The number of benzene rings is 1. The highest BCUT2D eigenvalue weighted by atomic mass is 127. The van der Waals surface area contributed by atoms with Crippen molar-refractivity contribution >= 4 is 47.4 Å². The van der Waals surface area contributed by atoms with E-state index in [-0.39, 0.29) is 65.5 Å². The summed E-state index contributed by atoms with van der Waals surface area (Å²) in [6.07, 6.45) is 5.21. The van der Waals surface area contributed by atoms with Crippen LogP contribution in [-0.2, 0) is 9.59 Å². The highest BCUT2D eigenvalue weighted by Crippen LogP contribution is 2.52. The molecule has 1 heterocycles. The van der Waals surface area contributed by atoms with Gasteiger partial charge in [0.25, 0.3) is 0 Å². The molecule has 174 valence electrons. The van der Waals surface area contributed by atoms with Crippen molar-refractivity contribution in [2.75, 3.05) is 32.0 Å². The normalized spacial score (nSPS) is 26.9. The molecule has 1 aromatic carbocycles. The highest BCUT2D eigenvalue weighted by molar-refractivity contribution is 14.0. The molecule has 2 amide bonds. The second-order valence-corrected chi connectivity index (χ2v) is 9.07. The Morgan fingerprint density at radius 3 is 2.25 bits per heavy atom. The van der Waals surface area contributed by atoms with Crippen molar-refractivity contribution in [2.24, 2.45) is 34.6 Å². The Morgan fingerprint density at radius 2 is 1.69 bits per heavy atom. The minimum Gasteiger partial charge on any atom is -0.380 e. The van der Waals surface area contributed by atoms with Gasteiger partial charge in [-0.2, -0.15) is 0 Å². The molecule has 1 saturated heterocycles. The molecule has 4 rings (SSSR count). The average Bonchev–Trinajstić information content (AvgIpc) is 3.45. The number of para-hydroxylation sites is 1. The zero-order valence-electron chi connectivity index (χ0n) is 19.0. The first-order chi connectivity index (χ1) is 15.0. The van der Waals surface area contributed by atoms with Gasteiger partial charge in [-0.15, -0.1) is 24.0 Å². The van der Waals surface area contributed by atoms with Gasteiger partial charge >= 0.3 is 0 Å². The summed E-state index contributed by atoms with van der Waals surface area (Å²) in [6, 6.07) is 10.4. The fourth-order valence-electron chi connectivity index (χ4n) is 5.10. The summed E-state index contributed by atoms with van der Waals surface area (Å²) < 4.78 is 0. The van der Waals surface area contributed by atoms with E-state index in [2.05, 4.69) is 59.1 Å². The first-order valence-electron chi connectivity index (χ1n) is 11.3. The van der Waals surface area contributed by atoms with E-state index in [1.54, 1.807) is 7.05 Å². The number of rotatable bonds is 8. The van der Waals surface area contributed by atoms with Crippen LogP contribution in [0.4, 0.5) is 5.69 Å². The molecule has 2 fully saturated rings. The SMILES string of the molecule is CN=C(NCCN1C(=O)C2C3C=CC(C3)C2C1=O)NCC(Nc1ccccc1)C(C)C.I. The van der Waals surface area contributed by atoms with Gasteiger partial charge in [0.05, 0.1) is 11.8 Å². The zero-order valence-corrected chi connectivity index (χ0v) is 21.3. The lowest BCUT2D eigenvalue weighted by Crippen LogP contribution is -2.47. The van der Waals surface area contributed by atoms with E-state index in [0.29, 0.717) is 31.5 Å². The molecular weight excluding hydrogens is 517 g/mol. The lowest BCUT2D eigenvalue weighted by molar-refractivity contribution is -0.140. The lowest BCUT2D eigenvalue weighted by atomic mass is 9.85. The van der Waals surface area contributed by atoms with Crippen LogP contribution in [0.25, 0.3) is 0 Å². The maximum atomic E-state index is 12.8. The third kappa shape index (κ3) is 4.94. The van der Waals surface area contributed by atoms with E-state index in [0.717, 1.165) is 12.1 Å². The number of carbonyl (C=O) groups is 2. The number of amides is 2. The number of nitrogens with zero attached hydrogens (tertiary/aromatic N) is 2. The largest absolute Gasteiger partial charge is 0.380 e. The number of aliphatic imine (C=N–C) groups is 1. The minimum absolute atomic E-state index is 0. The summed E-state index contributed by atoms with van der Waals surface area (Å²) >= 11 is 0. The molecule has 3 N–H and O–H groups in total. The number of anilines is 1. The van der Waals surface area contributed by atoms with Gasteiger partial charge in [-0.25, -0.2) is 0 Å². The molecule has 0 aromatic heterocycles. The van der Waals surface area contributed by atoms with Gasteiger partial charge in [0.2, 0.25) is 11.8 Å². The summed E-state index contributed by atoms with van der Waals surface area (Å²) in [5.41, 5.74) is 1.09. The molecule has 32 heavy (non-hydrogen) atoms. The van der Waals surface area contributed by atoms with Crippen molar-refractivity contribution in [2.45, 2.75) is 26.3 Å². The van der Waals surface area contributed by atoms with Gasteiger partial charge in [0.1, 0.15) is 0 Å². The predicted octanol–water partition coefficient (Wildman–Crippen LogP) is 2.71. The van der Waals surface area contributed by atoms with Crippen molar-refractivity contribution < 1.29 is 9.59 Å². The third-order valence-electron chi connectivity index (χ3n) is 6.83. The van der Waals surface area contributed by atoms with Crippen LogP contribution in [-0.4, -0.2) is 55.4 Å².